The number of benzene rings is 1. The van der Waals surface area contributed by atoms with Gasteiger partial charge in [0, 0.05) is 0 Å². The number of alkyl halides is 1. The van der Waals surface area contributed by atoms with Gasteiger partial charge in [-0.05, 0) is 19.4 Å². The summed E-state index contributed by atoms with van der Waals surface area (Å²) in [5.41, 5.74) is -0.966. The molecule has 0 amide bonds. The van der Waals surface area contributed by atoms with Crippen molar-refractivity contribution in [2.75, 3.05) is 0 Å². The first-order chi connectivity index (χ1) is 5.52. The van der Waals surface area contributed by atoms with Crippen LogP contribution in [0.1, 0.15) is 25.5 Å². The third-order valence-corrected chi connectivity index (χ3v) is 1.77. The molecule has 0 fully saturated rings. The maximum absolute atomic E-state index is 13.2. The summed E-state index contributed by atoms with van der Waals surface area (Å²) in [6, 6.07) is 8.83. The van der Waals surface area contributed by atoms with Crippen LogP contribution in [0.15, 0.2) is 30.3 Å². The monoisotopic (exact) mass is 168 g/mol. The van der Waals surface area contributed by atoms with Crippen molar-refractivity contribution in [1.29, 1.82) is 0 Å². The summed E-state index contributed by atoms with van der Waals surface area (Å²) in [4.78, 5) is 0. The van der Waals surface area contributed by atoms with Crippen LogP contribution in [0.25, 0.3) is 0 Å². The molecule has 12 heavy (non-hydrogen) atoms. The van der Waals surface area contributed by atoms with Crippen molar-refractivity contribution in [3.8, 4) is 0 Å². The molecule has 2 heteroatoms. The number of halogens is 1. The predicted octanol–water partition coefficient (Wildman–Crippen LogP) is 2.47. The smallest absolute Gasteiger partial charge is 0.135 e. The molecule has 1 aromatic carbocycles. The Kier molecular flexibility index (Phi) is 2.48. The molecular weight excluding hydrogens is 155 g/mol. The van der Waals surface area contributed by atoms with Crippen LogP contribution < -0.4 is 0 Å². The summed E-state index contributed by atoms with van der Waals surface area (Å²) >= 11 is 0. The van der Waals surface area contributed by atoms with Crippen molar-refractivity contribution in [3.05, 3.63) is 35.9 Å². The maximum atomic E-state index is 13.2. The van der Waals surface area contributed by atoms with E-state index in [9.17, 15) is 9.50 Å². The fourth-order valence-electron chi connectivity index (χ4n) is 1.03. The van der Waals surface area contributed by atoms with E-state index in [4.69, 9.17) is 0 Å². The lowest BCUT2D eigenvalue weighted by atomic mass is 9.97. The molecule has 0 saturated heterocycles. The molecule has 0 bridgehead atoms. The largest absolute Gasteiger partial charge is 0.385 e. The van der Waals surface area contributed by atoms with Gasteiger partial charge in [-0.3, -0.25) is 0 Å². The van der Waals surface area contributed by atoms with Crippen molar-refractivity contribution in [3.63, 3.8) is 0 Å². The van der Waals surface area contributed by atoms with Gasteiger partial charge >= 0.3 is 0 Å². The molecule has 0 aromatic heterocycles. The van der Waals surface area contributed by atoms with E-state index >= 15 is 0 Å². The van der Waals surface area contributed by atoms with Crippen molar-refractivity contribution < 1.29 is 9.50 Å². The molecule has 0 spiro atoms. The fourth-order valence-corrected chi connectivity index (χ4v) is 1.03. The van der Waals surface area contributed by atoms with Gasteiger partial charge in [0.1, 0.15) is 11.8 Å². The quantitative estimate of drug-likeness (QED) is 0.719. The van der Waals surface area contributed by atoms with Gasteiger partial charge in [-0.25, -0.2) is 4.39 Å². The molecular formula is C10H13FO. The molecule has 66 valence electrons. The lowest BCUT2D eigenvalue weighted by Gasteiger charge is -2.21. The molecule has 1 rings (SSSR count). The van der Waals surface area contributed by atoms with Crippen LogP contribution in [0.3, 0.4) is 0 Å². The number of aliphatic hydroxyl groups excluding tert-OH is 1. The third-order valence-electron chi connectivity index (χ3n) is 1.77. The van der Waals surface area contributed by atoms with Crippen LogP contribution in [0.2, 0.25) is 0 Å². The molecule has 0 heterocycles. The van der Waals surface area contributed by atoms with Crippen LogP contribution in [-0.2, 0) is 0 Å². The van der Waals surface area contributed by atoms with Crippen LogP contribution >= 0.6 is 0 Å². The first-order valence-corrected chi connectivity index (χ1v) is 3.94. The van der Waals surface area contributed by atoms with Crippen molar-refractivity contribution in [2.45, 2.75) is 25.6 Å². The second kappa shape index (κ2) is 3.23. The zero-order valence-electron chi connectivity index (χ0n) is 7.29. The molecule has 0 aliphatic heterocycles. The standard InChI is InChI=1S/C10H13FO/c1-10(2,11)9(12)8-6-4-3-5-7-8/h3-7,9,12H,1-2H3. The molecule has 1 N–H and O–H groups in total. The lowest BCUT2D eigenvalue weighted by Crippen LogP contribution is -2.23. The van der Waals surface area contributed by atoms with Gasteiger partial charge in [0.15, 0.2) is 0 Å². The van der Waals surface area contributed by atoms with Crippen LogP contribution in [-0.4, -0.2) is 10.8 Å². The van der Waals surface area contributed by atoms with E-state index in [1.54, 1.807) is 24.3 Å². The topological polar surface area (TPSA) is 20.2 Å². The highest BCUT2D eigenvalue weighted by Gasteiger charge is 2.27. The highest BCUT2D eigenvalue weighted by Crippen LogP contribution is 2.28. The molecule has 1 aromatic rings. The van der Waals surface area contributed by atoms with E-state index in [0.29, 0.717) is 5.56 Å². The summed E-state index contributed by atoms with van der Waals surface area (Å²) in [5.74, 6) is 0. The van der Waals surface area contributed by atoms with Gasteiger partial charge in [-0.1, -0.05) is 30.3 Å². The summed E-state index contributed by atoms with van der Waals surface area (Å²) in [5, 5.41) is 9.48. The van der Waals surface area contributed by atoms with Gasteiger partial charge in [0.05, 0.1) is 0 Å². The SMILES string of the molecule is CC(C)(F)C(O)c1ccccc1. The van der Waals surface area contributed by atoms with E-state index < -0.39 is 11.8 Å². The Hall–Kier alpha value is -0.890. The molecule has 1 atom stereocenters. The highest BCUT2D eigenvalue weighted by atomic mass is 19.1. The van der Waals surface area contributed by atoms with Gasteiger partial charge in [-0.2, -0.15) is 0 Å². The van der Waals surface area contributed by atoms with E-state index in [1.807, 2.05) is 6.07 Å². The maximum Gasteiger partial charge on any atom is 0.135 e. The second-order valence-electron chi connectivity index (χ2n) is 3.38. The highest BCUT2D eigenvalue weighted by molar-refractivity contribution is 5.19. The van der Waals surface area contributed by atoms with E-state index in [2.05, 4.69) is 0 Å². The first-order valence-electron chi connectivity index (χ1n) is 3.94. The van der Waals surface area contributed by atoms with Gasteiger partial charge in [0.25, 0.3) is 0 Å². The minimum atomic E-state index is -1.58. The zero-order valence-corrected chi connectivity index (χ0v) is 7.29. The van der Waals surface area contributed by atoms with E-state index in [-0.39, 0.29) is 0 Å². The lowest BCUT2D eigenvalue weighted by molar-refractivity contribution is 0.0161. The Bertz CT molecular complexity index is 238. The van der Waals surface area contributed by atoms with Crippen LogP contribution in [0, 0.1) is 0 Å². The molecule has 0 saturated carbocycles. The number of hydrogen-bond acceptors (Lipinski definition) is 1. The minimum Gasteiger partial charge on any atom is -0.385 e. The van der Waals surface area contributed by atoms with Crippen molar-refractivity contribution in [1.82, 2.24) is 0 Å². The first kappa shape index (κ1) is 9.20. The number of rotatable bonds is 2. The summed E-state index contributed by atoms with van der Waals surface area (Å²) < 4.78 is 13.2. The summed E-state index contributed by atoms with van der Waals surface area (Å²) in [6.45, 7) is 2.73. The van der Waals surface area contributed by atoms with Crippen LogP contribution in [0.5, 0.6) is 0 Å². The van der Waals surface area contributed by atoms with Gasteiger partial charge in [-0.15, -0.1) is 0 Å². The summed E-state index contributed by atoms with van der Waals surface area (Å²) in [6.07, 6.45) is -1.04. The van der Waals surface area contributed by atoms with Crippen LogP contribution in [0.4, 0.5) is 4.39 Å². The average molecular weight is 168 g/mol. The summed E-state index contributed by atoms with van der Waals surface area (Å²) in [7, 11) is 0. The fraction of sp³-hybridized carbons (Fsp3) is 0.400. The third kappa shape index (κ3) is 2.05. The molecule has 0 radical (unpaired) electrons. The normalized spacial score (nSPS) is 14.3. The van der Waals surface area contributed by atoms with Gasteiger partial charge < -0.3 is 5.11 Å². The van der Waals surface area contributed by atoms with Gasteiger partial charge in [0.2, 0.25) is 0 Å². The van der Waals surface area contributed by atoms with E-state index in [0.717, 1.165) is 0 Å². The Balaban J connectivity index is 2.86. The Morgan fingerprint density at radius 1 is 1.25 bits per heavy atom. The zero-order chi connectivity index (χ0) is 9.19. The average Bonchev–Trinajstić information content (AvgIpc) is 2.03. The number of hydrogen-bond donors (Lipinski definition) is 1. The Morgan fingerprint density at radius 2 is 1.75 bits per heavy atom. The van der Waals surface area contributed by atoms with Crippen molar-refractivity contribution in [2.24, 2.45) is 0 Å². The van der Waals surface area contributed by atoms with E-state index in [1.165, 1.54) is 13.8 Å². The molecule has 0 aliphatic rings. The Labute approximate surface area is 71.9 Å². The van der Waals surface area contributed by atoms with Crippen molar-refractivity contribution >= 4 is 0 Å². The Morgan fingerprint density at radius 3 is 2.17 bits per heavy atom. The molecule has 1 nitrogen and oxygen atoms in total. The number of aliphatic hydroxyl groups is 1. The molecule has 1 unspecified atom stereocenters. The molecule has 0 aliphatic carbocycles. The predicted molar refractivity (Wildman–Crippen MR) is 46.6 cm³/mol. The second-order valence-corrected chi connectivity index (χ2v) is 3.38. The minimum absolute atomic E-state index is 0.616.